The van der Waals surface area contributed by atoms with Crippen molar-refractivity contribution in [3.05, 3.63) is 93.6 Å². The van der Waals surface area contributed by atoms with E-state index in [1.54, 1.807) is 55.6 Å². The Hall–Kier alpha value is -3.07. The van der Waals surface area contributed by atoms with Crippen LogP contribution in [0.3, 0.4) is 0 Å². The standard InChI is InChI=1S/C22H19ClN2O5S/c1-29-17-8-9-20-15(12-17)11-16(22(26)24-20)13-25(14-18-5-4-10-30-18)31(27,28)21-7-3-2-6-19(21)23/h2-12H,13-14H2,1H3,(H,24,26). The van der Waals surface area contributed by atoms with Gasteiger partial charge in [0, 0.05) is 23.0 Å². The molecule has 0 spiro atoms. The van der Waals surface area contributed by atoms with Crippen molar-refractivity contribution in [2.75, 3.05) is 7.11 Å². The van der Waals surface area contributed by atoms with E-state index in [2.05, 4.69) is 4.98 Å². The van der Waals surface area contributed by atoms with Crippen LogP contribution >= 0.6 is 11.6 Å². The summed E-state index contributed by atoms with van der Waals surface area (Å²) in [5, 5.41) is 0.825. The largest absolute Gasteiger partial charge is 0.497 e. The van der Waals surface area contributed by atoms with E-state index < -0.39 is 10.0 Å². The molecule has 7 nitrogen and oxygen atoms in total. The summed E-state index contributed by atoms with van der Waals surface area (Å²) in [7, 11) is -2.47. The monoisotopic (exact) mass is 458 g/mol. The molecule has 0 amide bonds. The molecule has 0 radical (unpaired) electrons. The third-order valence-electron chi connectivity index (χ3n) is 4.84. The van der Waals surface area contributed by atoms with Crippen molar-refractivity contribution in [2.24, 2.45) is 0 Å². The molecule has 2 aromatic heterocycles. The van der Waals surface area contributed by atoms with Gasteiger partial charge in [0.05, 0.1) is 24.9 Å². The number of methoxy groups -OCH3 is 1. The highest BCUT2D eigenvalue weighted by Gasteiger charge is 2.28. The molecular formula is C22H19ClN2O5S. The first-order valence-corrected chi connectivity index (χ1v) is 11.2. The second-order valence-electron chi connectivity index (χ2n) is 6.86. The lowest BCUT2D eigenvalue weighted by Crippen LogP contribution is -2.32. The number of nitrogens with zero attached hydrogens (tertiary/aromatic N) is 1. The topological polar surface area (TPSA) is 92.6 Å². The van der Waals surface area contributed by atoms with Crippen molar-refractivity contribution >= 4 is 32.5 Å². The first kappa shape index (κ1) is 21.2. The Balaban J connectivity index is 1.79. The van der Waals surface area contributed by atoms with Gasteiger partial charge in [-0.2, -0.15) is 4.31 Å². The summed E-state index contributed by atoms with van der Waals surface area (Å²) in [5.74, 6) is 1.07. The lowest BCUT2D eigenvalue weighted by molar-refractivity contribution is 0.357. The zero-order valence-electron chi connectivity index (χ0n) is 16.5. The van der Waals surface area contributed by atoms with Gasteiger partial charge < -0.3 is 14.1 Å². The number of furan rings is 1. The van der Waals surface area contributed by atoms with Gasteiger partial charge in [0.1, 0.15) is 16.4 Å². The number of fused-ring (bicyclic) bond motifs is 1. The fourth-order valence-electron chi connectivity index (χ4n) is 3.26. The summed E-state index contributed by atoms with van der Waals surface area (Å²) in [6, 6.07) is 16.4. The van der Waals surface area contributed by atoms with Gasteiger partial charge in [0.15, 0.2) is 0 Å². The highest BCUT2D eigenvalue weighted by Crippen LogP contribution is 2.27. The molecule has 0 aliphatic rings. The summed E-state index contributed by atoms with van der Waals surface area (Å²) in [6.45, 7) is -0.229. The van der Waals surface area contributed by atoms with Crippen LogP contribution in [0, 0.1) is 0 Å². The highest BCUT2D eigenvalue weighted by atomic mass is 35.5. The van der Waals surface area contributed by atoms with Gasteiger partial charge in [-0.05, 0) is 48.5 Å². The van der Waals surface area contributed by atoms with Crippen molar-refractivity contribution in [2.45, 2.75) is 18.0 Å². The van der Waals surface area contributed by atoms with E-state index in [0.717, 1.165) is 5.39 Å². The summed E-state index contributed by atoms with van der Waals surface area (Å²) in [5.41, 5.74) is 0.528. The normalized spacial score (nSPS) is 11.8. The van der Waals surface area contributed by atoms with Crippen molar-refractivity contribution in [1.82, 2.24) is 9.29 Å². The Kier molecular flexibility index (Phi) is 5.86. The predicted octanol–water partition coefficient (Wildman–Crippen LogP) is 4.17. The molecule has 0 saturated carbocycles. The van der Waals surface area contributed by atoms with Gasteiger partial charge in [0.25, 0.3) is 5.56 Å². The smallest absolute Gasteiger partial charge is 0.252 e. The number of H-pyrrole nitrogens is 1. The Labute approximate surface area is 183 Å². The quantitative estimate of drug-likeness (QED) is 0.448. The van der Waals surface area contributed by atoms with E-state index in [9.17, 15) is 13.2 Å². The van der Waals surface area contributed by atoms with Gasteiger partial charge in [-0.3, -0.25) is 4.79 Å². The number of pyridine rings is 1. The average Bonchev–Trinajstić information content (AvgIpc) is 3.27. The minimum Gasteiger partial charge on any atom is -0.497 e. The molecule has 0 unspecified atom stereocenters. The van der Waals surface area contributed by atoms with Crippen LogP contribution in [0.2, 0.25) is 5.02 Å². The number of aromatic nitrogens is 1. The van der Waals surface area contributed by atoms with Gasteiger partial charge in [0.2, 0.25) is 10.0 Å². The zero-order chi connectivity index (χ0) is 22.0. The number of aromatic amines is 1. The van der Waals surface area contributed by atoms with Crippen LogP contribution in [-0.2, 0) is 23.1 Å². The Morgan fingerprint density at radius 2 is 1.87 bits per heavy atom. The molecule has 2 heterocycles. The van der Waals surface area contributed by atoms with Crippen LogP contribution in [0.1, 0.15) is 11.3 Å². The maximum absolute atomic E-state index is 13.4. The number of sulfonamides is 1. The van der Waals surface area contributed by atoms with Crippen molar-refractivity contribution < 1.29 is 17.6 Å². The van der Waals surface area contributed by atoms with E-state index in [-0.39, 0.29) is 34.1 Å². The number of halogens is 1. The first-order chi connectivity index (χ1) is 14.9. The second kappa shape index (κ2) is 8.58. The molecule has 160 valence electrons. The van der Waals surface area contributed by atoms with Gasteiger partial charge in [-0.1, -0.05) is 23.7 Å². The summed E-state index contributed by atoms with van der Waals surface area (Å²) < 4.78 is 38.6. The van der Waals surface area contributed by atoms with E-state index in [0.29, 0.717) is 17.0 Å². The van der Waals surface area contributed by atoms with Crippen LogP contribution in [-0.4, -0.2) is 24.8 Å². The fourth-order valence-corrected chi connectivity index (χ4v) is 5.14. The van der Waals surface area contributed by atoms with Crippen LogP contribution in [0.5, 0.6) is 5.75 Å². The Morgan fingerprint density at radius 3 is 2.58 bits per heavy atom. The third kappa shape index (κ3) is 4.36. The average molecular weight is 459 g/mol. The number of rotatable bonds is 7. The SMILES string of the molecule is COc1ccc2[nH]c(=O)c(CN(Cc3ccco3)S(=O)(=O)c3ccccc3Cl)cc2c1. The van der Waals surface area contributed by atoms with Crippen LogP contribution in [0.25, 0.3) is 10.9 Å². The number of hydrogen-bond donors (Lipinski definition) is 1. The van der Waals surface area contributed by atoms with Crippen LogP contribution in [0.15, 0.2) is 81.0 Å². The summed E-state index contributed by atoms with van der Waals surface area (Å²) >= 11 is 6.17. The van der Waals surface area contributed by atoms with Crippen LogP contribution < -0.4 is 10.3 Å². The molecular weight excluding hydrogens is 440 g/mol. The van der Waals surface area contributed by atoms with E-state index in [1.807, 2.05) is 0 Å². The Morgan fingerprint density at radius 1 is 1.06 bits per heavy atom. The first-order valence-electron chi connectivity index (χ1n) is 9.35. The molecule has 0 atom stereocenters. The Bertz CT molecular complexity index is 1380. The highest BCUT2D eigenvalue weighted by molar-refractivity contribution is 7.89. The van der Waals surface area contributed by atoms with Gasteiger partial charge in [-0.15, -0.1) is 0 Å². The van der Waals surface area contributed by atoms with Crippen molar-refractivity contribution in [3.63, 3.8) is 0 Å². The summed E-state index contributed by atoms with van der Waals surface area (Å²) in [4.78, 5) is 15.5. The summed E-state index contributed by atoms with van der Waals surface area (Å²) in [6.07, 6.45) is 1.46. The van der Waals surface area contributed by atoms with Crippen molar-refractivity contribution in [3.8, 4) is 5.75 Å². The van der Waals surface area contributed by atoms with E-state index in [4.69, 9.17) is 20.8 Å². The fraction of sp³-hybridized carbons (Fsp3) is 0.136. The lowest BCUT2D eigenvalue weighted by Gasteiger charge is -2.22. The van der Waals surface area contributed by atoms with Crippen molar-refractivity contribution in [1.29, 1.82) is 0 Å². The molecule has 2 aromatic carbocycles. The second-order valence-corrected chi connectivity index (χ2v) is 9.17. The molecule has 1 N–H and O–H groups in total. The molecule has 31 heavy (non-hydrogen) atoms. The minimum absolute atomic E-state index is 0.0397. The number of hydrogen-bond acceptors (Lipinski definition) is 5. The van der Waals surface area contributed by atoms with Gasteiger partial charge >= 0.3 is 0 Å². The number of nitrogens with one attached hydrogen (secondary N) is 1. The van der Waals surface area contributed by atoms with Crippen LogP contribution in [0.4, 0.5) is 0 Å². The molecule has 4 aromatic rings. The predicted molar refractivity (Wildman–Crippen MR) is 118 cm³/mol. The van der Waals surface area contributed by atoms with E-state index >= 15 is 0 Å². The number of ether oxygens (including phenoxy) is 1. The molecule has 0 aliphatic heterocycles. The molecule has 4 rings (SSSR count). The molecule has 0 saturated heterocycles. The lowest BCUT2D eigenvalue weighted by atomic mass is 10.1. The maximum Gasteiger partial charge on any atom is 0.252 e. The minimum atomic E-state index is -4.02. The molecule has 0 fully saturated rings. The number of benzene rings is 2. The third-order valence-corrected chi connectivity index (χ3v) is 7.13. The zero-order valence-corrected chi connectivity index (χ0v) is 18.1. The van der Waals surface area contributed by atoms with E-state index in [1.165, 1.54) is 22.7 Å². The maximum atomic E-state index is 13.4. The molecule has 0 bridgehead atoms. The molecule has 9 heteroatoms. The van der Waals surface area contributed by atoms with Gasteiger partial charge in [-0.25, -0.2) is 8.42 Å². The molecule has 0 aliphatic carbocycles.